The van der Waals surface area contributed by atoms with Crippen molar-refractivity contribution in [3.63, 3.8) is 0 Å². The summed E-state index contributed by atoms with van der Waals surface area (Å²) in [5, 5.41) is 2.72. The minimum atomic E-state index is -0.260. The molecule has 1 aromatic heterocycles. The standard InChI is InChI=1S/C13H12BrFN2O/c1-8-2-3-9(4-11(8)15)6-17-13(18)12-5-10(14)7-16-12/h2-5,7,16H,6H2,1H3,(H,17,18). The molecule has 2 rings (SSSR count). The molecule has 3 nitrogen and oxygen atoms in total. The van der Waals surface area contributed by atoms with E-state index in [0.29, 0.717) is 17.8 Å². The molecule has 1 aromatic carbocycles. The van der Waals surface area contributed by atoms with Crippen LogP contribution in [0.5, 0.6) is 0 Å². The molecule has 0 aliphatic carbocycles. The van der Waals surface area contributed by atoms with E-state index in [4.69, 9.17) is 0 Å². The van der Waals surface area contributed by atoms with Gasteiger partial charge in [-0.05, 0) is 46.1 Å². The van der Waals surface area contributed by atoms with Gasteiger partial charge in [-0.1, -0.05) is 12.1 Å². The van der Waals surface area contributed by atoms with Gasteiger partial charge in [0.1, 0.15) is 11.5 Å². The smallest absolute Gasteiger partial charge is 0.267 e. The maximum Gasteiger partial charge on any atom is 0.267 e. The van der Waals surface area contributed by atoms with Crippen molar-refractivity contribution >= 4 is 21.8 Å². The molecule has 0 aliphatic rings. The molecule has 94 valence electrons. The number of amides is 1. The average molecular weight is 311 g/mol. The summed E-state index contributed by atoms with van der Waals surface area (Å²) in [7, 11) is 0. The largest absolute Gasteiger partial charge is 0.356 e. The molecule has 0 fully saturated rings. The Kier molecular flexibility index (Phi) is 3.81. The van der Waals surface area contributed by atoms with Crippen LogP contribution in [0.3, 0.4) is 0 Å². The maximum absolute atomic E-state index is 13.3. The van der Waals surface area contributed by atoms with Crippen LogP contribution in [0.4, 0.5) is 4.39 Å². The van der Waals surface area contributed by atoms with Crippen LogP contribution in [0.15, 0.2) is 34.9 Å². The van der Waals surface area contributed by atoms with Gasteiger partial charge in [0.05, 0.1) is 0 Å². The van der Waals surface area contributed by atoms with Gasteiger partial charge in [-0.25, -0.2) is 4.39 Å². The molecule has 2 aromatic rings. The van der Waals surface area contributed by atoms with Crippen LogP contribution in [0, 0.1) is 12.7 Å². The van der Waals surface area contributed by atoms with E-state index in [9.17, 15) is 9.18 Å². The second kappa shape index (κ2) is 5.35. The fourth-order valence-electron chi connectivity index (χ4n) is 1.52. The molecular formula is C13H12BrFN2O. The second-order valence-electron chi connectivity index (χ2n) is 4.00. The summed E-state index contributed by atoms with van der Waals surface area (Å²) in [4.78, 5) is 14.6. The molecule has 18 heavy (non-hydrogen) atoms. The van der Waals surface area contributed by atoms with E-state index in [-0.39, 0.29) is 11.7 Å². The van der Waals surface area contributed by atoms with Crippen LogP contribution >= 0.6 is 15.9 Å². The van der Waals surface area contributed by atoms with E-state index >= 15 is 0 Å². The van der Waals surface area contributed by atoms with Crippen molar-refractivity contribution in [1.29, 1.82) is 0 Å². The van der Waals surface area contributed by atoms with E-state index in [2.05, 4.69) is 26.2 Å². The number of carbonyl (C=O) groups is 1. The predicted molar refractivity (Wildman–Crippen MR) is 70.8 cm³/mol. The number of nitrogens with one attached hydrogen (secondary N) is 2. The van der Waals surface area contributed by atoms with Gasteiger partial charge in [-0.3, -0.25) is 4.79 Å². The number of aromatic nitrogens is 1. The quantitative estimate of drug-likeness (QED) is 0.898. The minimum absolute atomic E-state index is 0.221. The maximum atomic E-state index is 13.3. The van der Waals surface area contributed by atoms with Gasteiger partial charge in [0.15, 0.2) is 0 Å². The second-order valence-corrected chi connectivity index (χ2v) is 4.91. The predicted octanol–water partition coefficient (Wildman–Crippen LogP) is 3.15. The first kappa shape index (κ1) is 12.8. The third-order valence-electron chi connectivity index (χ3n) is 2.58. The minimum Gasteiger partial charge on any atom is -0.356 e. The lowest BCUT2D eigenvalue weighted by atomic mass is 10.1. The van der Waals surface area contributed by atoms with Crippen molar-refractivity contribution in [2.75, 3.05) is 0 Å². The first-order chi connectivity index (χ1) is 8.56. The Morgan fingerprint density at radius 3 is 2.83 bits per heavy atom. The number of hydrogen-bond acceptors (Lipinski definition) is 1. The van der Waals surface area contributed by atoms with Crippen molar-refractivity contribution in [1.82, 2.24) is 10.3 Å². The van der Waals surface area contributed by atoms with E-state index in [1.807, 2.05) is 0 Å². The molecule has 5 heteroatoms. The van der Waals surface area contributed by atoms with E-state index < -0.39 is 0 Å². The van der Waals surface area contributed by atoms with Gasteiger partial charge < -0.3 is 10.3 Å². The Labute approximate surface area is 113 Å². The van der Waals surface area contributed by atoms with Crippen LogP contribution in [-0.4, -0.2) is 10.9 Å². The van der Waals surface area contributed by atoms with Crippen LogP contribution in [-0.2, 0) is 6.54 Å². The highest BCUT2D eigenvalue weighted by molar-refractivity contribution is 9.10. The van der Waals surface area contributed by atoms with Gasteiger partial charge in [0.25, 0.3) is 5.91 Å². The van der Waals surface area contributed by atoms with Gasteiger partial charge in [-0.15, -0.1) is 0 Å². The highest BCUT2D eigenvalue weighted by Crippen LogP contribution is 2.11. The fraction of sp³-hybridized carbons (Fsp3) is 0.154. The molecular weight excluding hydrogens is 299 g/mol. The number of aromatic amines is 1. The van der Waals surface area contributed by atoms with Crippen molar-refractivity contribution < 1.29 is 9.18 Å². The summed E-state index contributed by atoms with van der Waals surface area (Å²) in [5.41, 5.74) is 1.80. The SMILES string of the molecule is Cc1ccc(CNC(=O)c2cc(Br)c[nH]2)cc1F. The van der Waals surface area contributed by atoms with E-state index in [1.165, 1.54) is 6.07 Å². The van der Waals surface area contributed by atoms with Crippen LogP contribution in [0.1, 0.15) is 21.6 Å². The van der Waals surface area contributed by atoms with Crippen LogP contribution in [0.25, 0.3) is 0 Å². The normalized spacial score (nSPS) is 10.4. The Balaban J connectivity index is 1.99. The summed E-state index contributed by atoms with van der Waals surface area (Å²) in [6.07, 6.45) is 1.68. The lowest BCUT2D eigenvalue weighted by Crippen LogP contribution is -2.23. The average Bonchev–Trinajstić information content (AvgIpc) is 2.77. The molecule has 0 saturated carbocycles. The van der Waals surface area contributed by atoms with Gasteiger partial charge >= 0.3 is 0 Å². The number of benzene rings is 1. The molecule has 0 saturated heterocycles. The highest BCUT2D eigenvalue weighted by Gasteiger charge is 2.07. The van der Waals surface area contributed by atoms with Crippen LogP contribution in [0.2, 0.25) is 0 Å². The van der Waals surface area contributed by atoms with Crippen LogP contribution < -0.4 is 5.32 Å². The number of carbonyl (C=O) groups excluding carboxylic acids is 1. The molecule has 2 N–H and O–H groups in total. The first-order valence-electron chi connectivity index (χ1n) is 5.43. The molecule has 0 spiro atoms. The van der Waals surface area contributed by atoms with Crippen molar-refractivity contribution in [3.8, 4) is 0 Å². The summed E-state index contributed by atoms with van der Waals surface area (Å²) in [6.45, 7) is 2.00. The van der Waals surface area contributed by atoms with Gasteiger partial charge in [0, 0.05) is 17.2 Å². The number of halogens is 2. The number of H-pyrrole nitrogens is 1. The Hall–Kier alpha value is -1.62. The van der Waals surface area contributed by atoms with Gasteiger partial charge in [-0.2, -0.15) is 0 Å². The monoisotopic (exact) mass is 310 g/mol. The fourth-order valence-corrected chi connectivity index (χ4v) is 1.87. The van der Waals surface area contributed by atoms with Crippen molar-refractivity contribution in [2.45, 2.75) is 13.5 Å². The Morgan fingerprint density at radius 2 is 2.22 bits per heavy atom. The van der Waals surface area contributed by atoms with Crippen molar-refractivity contribution in [2.24, 2.45) is 0 Å². The van der Waals surface area contributed by atoms with E-state index in [0.717, 1.165) is 10.0 Å². The summed E-state index contributed by atoms with van der Waals surface area (Å²) < 4.78 is 14.1. The molecule has 0 radical (unpaired) electrons. The number of aryl methyl sites for hydroxylation is 1. The lowest BCUT2D eigenvalue weighted by molar-refractivity contribution is 0.0946. The first-order valence-corrected chi connectivity index (χ1v) is 6.22. The Bertz CT molecular complexity index is 580. The molecule has 1 amide bonds. The highest BCUT2D eigenvalue weighted by atomic mass is 79.9. The summed E-state index contributed by atoms with van der Waals surface area (Å²) >= 11 is 3.25. The summed E-state index contributed by atoms with van der Waals surface area (Å²) in [6, 6.07) is 6.61. The summed E-state index contributed by atoms with van der Waals surface area (Å²) in [5.74, 6) is -0.481. The van der Waals surface area contributed by atoms with Crippen molar-refractivity contribution in [3.05, 3.63) is 57.6 Å². The topological polar surface area (TPSA) is 44.9 Å². The zero-order valence-electron chi connectivity index (χ0n) is 9.76. The van der Waals surface area contributed by atoms with Gasteiger partial charge in [0.2, 0.25) is 0 Å². The zero-order chi connectivity index (χ0) is 13.1. The molecule has 1 heterocycles. The number of hydrogen-bond donors (Lipinski definition) is 2. The molecule has 0 atom stereocenters. The lowest BCUT2D eigenvalue weighted by Gasteiger charge is -2.05. The molecule has 0 bridgehead atoms. The number of rotatable bonds is 3. The molecule has 0 unspecified atom stereocenters. The molecule has 0 aliphatic heterocycles. The van der Waals surface area contributed by atoms with E-state index in [1.54, 1.807) is 31.3 Å². The zero-order valence-corrected chi connectivity index (χ0v) is 11.3. The Morgan fingerprint density at radius 1 is 1.44 bits per heavy atom. The third-order valence-corrected chi connectivity index (χ3v) is 3.04. The third kappa shape index (κ3) is 2.98.